The number of benzene rings is 2. The van der Waals surface area contributed by atoms with Gasteiger partial charge in [0, 0.05) is 34.3 Å². The van der Waals surface area contributed by atoms with Crippen LogP contribution in [0.2, 0.25) is 0 Å². The minimum atomic E-state index is 1.17. The molecule has 0 spiro atoms. The zero-order valence-corrected chi connectivity index (χ0v) is 14.6. The van der Waals surface area contributed by atoms with Crippen molar-refractivity contribution in [1.82, 2.24) is 9.38 Å². The lowest BCUT2D eigenvalue weighted by molar-refractivity contribution is 1.30. The highest BCUT2D eigenvalue weighted by molar-refractivity contribution is 6.07. The number of pyridine rings is 3. The Morgan fingerprint density at radius 3 is 1.52 bits per heavy atom. The molecular weight excluding hydrogens is 328 g/mol. The quantitative estimate of drug-likeness (QED) is 0.355. The van der Waals surface area contributed by atoms with Gasteiger partial charge in [0.1, 0.15) is 0 Å². The maximum absolute atomic E-state index is 4.51. The molecular formula is C25H16N2. The van der Waals surface area contributed by atoms with Crippen LogP contribution in [0, 0.1) is 0 Å². The Labute approximate surface area is 156 Å². The van der Waals surface area contributed by atoms with Gasteiger partial charge < -0.3 is 4.40 Å². The second kappa shape index (κ2) is 5.42. The first-order chi connectivity index (χ1) is 13.4. The molecule has 4 aromatic heterocycles. The van der Waals surface area contributed by atoms with E-state index >= 15 is 0 Å². The monoisotopic (exact) mass is 344 g/mol. The predicted octanol–water partition coefficient (Wildman–Crippen LogP) is 6.41. The average Bonchev–Trinajstić information content (AvgIpc) is 3.19. The van der Waals surface area contributed by atoms with E-state index < -0.39 is 0 Å². The summed E-state index contributed by atoms with van der Waals surface area (Å²) in [6.45, 7) is 0. The highest BCUT2D eigenvalue weighted by Crippen LogP contribution is 2.38. The van der Waals surface area contributed by atoms with Crippen LogP contribution in [0.15, 0.2) is 97.3 Å². The molecule has 0 fully saturated rings. The Kier molecular flexibility index (Phi) is 2.91. The van der Waals surface area contributed by atoms with Crippen LogP contribution in [-0.2, 0) is 0 Å². The van der Waals surface area contributed by atoms with E-state index in [1.165, 1.54) is 49.6 Å². The van der Waals surface area contributed by atoms with Gasteiger partial charge >= 0.3 is 0 Å². The van der Waals surface area contributed by atoms with Crippen LogP contribution in [0.5, 0.6) is 0 Å². The minimum absolute atomic E-state index is 1.17. The van der Waals surface area contributed by atoms with Gasteiger partial charge in [-0.3, -0.25) is 4.98 Å². The fourth-order valence-corrected chi connectivity index (χ4v) is 4.21. The van der Waals surface area contributed by atoms with Gasteiger partial charge in [-0.15, -0.1) is 0 Å². The van der Waals surface area contributed by atoms with E-state index in [1.807, 2.05) is 12.4 Å². The average molecular weight is 344 g/mol. The summed E-state index contributed by atoms with van der Waals surface area (Å²) >= 11 is 0. The Morgan fingerprint density at radius 2 is 1.04 bits per heavy atom. The molecule has 126 valence electrons. The van der Waals surface area contributed by atoms with E-state index in [-0.39, 0.29) is 0 Å². The molecule has 4 heterocycles. The van der Waals surface area contributed by atoms with Crippen molar-refractivity contribution < 1.29 is 0 Å². The molecule has 0 aliphatic carbocycles. The highest BCUT2D eigenvalue weighted by atomic mass is 14.9. The smallest absolute Gasteiger partial charge is 0.0638 e. The Bertz CT molecular complexity index is 1290. The normalized spacial score (nSPS) is 11.7. The zero-order chi connectivity index (χ0) is 17.8. The first-order valence-electron chi connectivity index (χ1n) is 9.15. The molecule has 6 rings (SSSR count). The molecule has 2 aromatic carbocycles. The fraction of sp³-hybridized carbons (Fsp3) is 0. The summed E-state index contributed by atoms with van der Waals surface area (Å²) in [7, 11) is 0. The van der Waals surface area contributed by atoms with Gasteiger partial charge in [-0.05, 0) is 35.4 Å². The second-order valence-electron chi connectivity index (χ2n) is 6.95. The minimum Gasteiger partial charge on any atom is -0.308 e. The van der Waals surface area contributed by atoms with Gasteiger partial charge in [-0.25, -0.2) is 0 Å². The van der Waals surface area contributed by atoms with Crippen molar-refractivity contribution in [3.63, 3.8) is 0 Å². The van der Waals surface area contributed by atoms with Crippen LogP contribution in [0.25, 0.3) is 49.6 Å². The van der Waals surface area contributed by atoms with E-state index in [2.05, 4.69) is 94.3 Å². The Balaban J connectivity index is 1.81. The van der Waals surface area contributed by atoms with E-state index in [4.69, 9.17) is 0 Å². The molecule has 0 saturated carbocycles. The molecule has 0 radical (unpaired) electrons. The topological polar surface area (TPSA) is 17.3 Å². The fourth-order valence-electron chi connectivity index (χ4n) is 4.21. The lowest BCUT2D eigenvalue weighted by Crippen LogP contribution is -1.96. The van der Waals surface area contributed by atoms with Crippen LogP contribution in [0.1, 0.15) is 0 Å². The van der Waals surface area contributed by atoms with Crippen LogP contribution < -0.4 is 0 Å². The molecule has 0 aliphatic rings. The maximum atomic E-state index is 4.51. The van der Waals surface area contributed by atoms with Crippen LogP contribution in [0.4, 0.5) is 0 Å². The van der Waals surface area contributed by atoms with E-state index in [0.717, 1.165) is 0 Å². The number of nitrogens with zero attached hydrogens (tertiary/aromatic N) is 2. The molecule has 0 aliphatic heterocycles. The van der Waals surface area contributed by atoms with Gasteiger partial charge in [-0.1, -0.05) is 60.7 Å². The third-order valence-corrected chi connectivity index (χ3v) is 5.40. The summed E-state index contributed by atoms with van der Waals surface area (Å²) in [6, 6.07) is 30.2. The molecule has 2 heteroatoms. The van der Waals surface area contributed by atoms with Crippen molar-refractivity contribution in [3.8, 4) is 22.3 Å². The van der Waals surface area contributed by atoms with Crippen LogP contribution in [0.3, 0.4) is 0 Å². The van der Waals surface area contributed by atoms with Gasteiger partial charge in [-0.2, -0.15) is 0 Å². The Morgan fingerprint density at radius 1 is 0.556 bits per heavy atom. The van der Waals surface area contributed by atoms with Crippen molar-refractivity contribution in [2.75, 3.05) is 0 Å². The lowest BCUT2D eigenvalue weighted by Gasteiger charge is -2.15. The van der Waals surface area contributed by atoms with Crippen molar-refractivity contribution in [2.45, 2.75) is 0 Å². The first kappa shape index (κ1) is 14.5. The maximum Gasteiger partial charge on any atom is 0.0638 e. The van der Waals surface area contributed by atoms with E-state index in [1.54, 1.807) is 0 Å². The van der Waals surface area contributed by atoms with Gasteiger partial charge in [0.2, 0.25) is 0 Å². The van der Waals surface area contributed by atoms with Crippen LogP contribution in [-0.4, -0.2) is 9.38 Å². The van der Waals surface area contributed by atoms with Gasteiger partial charge in [0.25, 0.3) is 0 Å². The summed E-state index contributed by atoms with van der Waals surface area (Å²) in [4.78, 5) is 4.51. The van der Waals surface area contributed by atoms with E-state index in [0.29, 0.717) is 0 Å². The number of aromatic nitrogens is 2. The van der Waals surface area contributed by atoms with Crippen molar-refractivity contribution >= 4 is 27.3 Å². The van der Waals surface area contributed by atoms with Crippen molar-refractivity contribution in [3.05, 3.63) is 97.3 Å². The second-order valence-corrected chi connectivity index (χ2v) is 6.95. The molecule has 2 nitrogen and oxygen atoms in total. The predicted molar refractivity (Wildman–Crippen MR) is 112 cm³/mol. The summed E-state index contributed by atoms with van der Waals surface area (Å²) in [5.41, 5.74) is 8.63. The van der Waals surface area contributed by atoms with Gasteiger partial charge in [0.05, 0.1) is 16.6 Å². The summed E-state index contributed by atoms with van der Waals surface area (Å²) in [5, 5.41) is 2.33. The standard InChI is InChI=1S/C25H16N2/c1-3-7-17(8-4-1)21-13-19-15-26-16-20-14-22(18-9-5-2-6-10-18)24-12-11-23(21)27(24)25(19)20/h1-16H. The van der Waals surface area contributed by atoms with Gasteiger partial charge in [0.15, 0.2) is 0 Å². The van der Waals surface area contributed by atoms with E-state index in [9.17, 15) is 0 Å². The molecule has 0 amide bonds. The molecule has 0 saturated heterocycles. The zero-order valence-electron chi connectivity index (χ0n) is 14.6. The van der Waals surface area contributed by atoms with Crippen molar-refractivity contribution in [1.29, 1.82) is 0 Å². The van der Waals surface area contributed by atoms with Crippen LogP contribution >= 0.6 is 0 Å². The summed E-state index contributed by atoms with van der Waals surface area (Å²) in [5.74, 6) is 0. The largest absolute Gasteiger partial charge is 0.308 e. The SMILES string of the molecule is c1ccc(-c2cc3cncc4cc(-c5ccccc5)c5ccc2n5c34)cc1. The third kappa shape index (κ3) is 2.04. The first-order valence-corrected chi connectivity index (χ1v) is 9.15. The molecule has 0 atom stereocenters. The summed E-state index contributed by atoms with van der Waals surface area (Å²) in [6.07, 6.45) is 3.94. The summed E-state index contributed by atoms with van der Waals surface area (Å²) < 4.78 is 2.40. The number of hydrogen-bond acceptors (Lipinski definition) is 1. The molecule has 6 aromatic rings. The highest BCUT2D eigenvalue weighted by Gasteiger charge is 2.16. The lowest BCUT2D eigenvalue weighted by atomic mass is 10.0. The Hall–Kier alpha value is -3.65. The van der Waals surface area contributed by atoms with Crippen molar-refractivity contribution in [2.24, 2.45) is 0 Å². The molecule has 27 heavy (non-hydrogen) atoms. The number of hydrogen-bond donors (Lipinski definition) is 0. The molecule has 0 bridgehead atoms. The molecule has 0 unspecified atom stereocenters. The third-order valence-electron chi connectivity index (χ3n) is 5.40. The molecule has 0 N–H and O–H groups in total. The number of rotatable bonds is 2.